The van der Waals surface area contributed by atoms with Crippen LogP contribution in [0.25, 0.3) is 0 Å². The molecule has 0 aromatic carbocycles. The summed E-state index contributed by atoms with van der Waals surface area (Å²) in [5, 5.41) is 8.20. The maximum atomic E-state index is 11.9. The van der Waals surface area contributed by atoms with E-state index in [1.165, 1.54) is 0 Å². The van der Waals surface area contributed by atoms with Gasteiger partial charge in [0.1, 0.15) is 12.3 Å². The Kier molecular flexibility index (Phi) is 3.30. The second kappa shape index (κ2) is 3.50. The van der Waals surface area contributed by atoms with Crippen LogP contribution in [0.1, 0.15) is 0 Å². The summed E-state index contributed by atoms with van der Waals surface area (Å²) in [5.74, 6) is 0. The molecule has 0 saturated heterocycles. The molecule has 0 aromatic heterocycles. The molecule has 0 aliphatic rings. The molecule has 1 nitrogen and oxygen atoms in total. The lowest BCUT2D eigenvalue weighted by Crippen LogP contribution is -2.27. The minimum absolute atomic E-state index is 0.636. The normalized spacial score (nSPS) is 17.4. The van der Waals surface area contributed by atoms with Gasteiger partial charge in [-0.1, -0.05) is 6.08 Å². The zero-order chi connectivity index (χ0) is 7.44. The average Bonchev–Trinajstić information content (AvgIpc) is 1.84. The first-order valence-corrected chi connectivity index (χ1v) is 2.32. The van der Waals surface area contributed by atoms with E-state index in [9.17, 15) is 13.2 Å². The van der Waals surface area contributed by atoms with Gasteiger partial charge in [0.25, 0.3) is 6.43 Å². The number of aliphatic hydroxyl groups is 1. The molecule has 0 spiro atoms. The zero-order valence-electron chi connectivity index (χ0n) is 4.60. The molecule has 0 aliphatic heterocycles. The van der Waals surface area contributed by atoms with Gasteiger partial charge < -0.3 is 5.11 Å². The number of hydrogen-bond donors (Lipinski definition) is 1. The van der Waals surface area contributed by atoms with E-state index in [2.05, 4.69) is 6.58 Å². The first-order chi connectivity index (χ1) is 4.09. The molecule has 0 bridgehead atoms. The van der Waals surface area contributed by atoms with Crippen molar-refractivity contribution in [2.75, 3.05) is 0 Å². The predicted molar refractivity (Wildman–Crippen MR) is 27.1 cm³/mol. The highest BCUT2D eigenvalue weighted by Crippen LogP contribution is 2.08. The second-order valence-electron chi connectivity index (χ2n) is 1.51. The average molecular weight is 140 g/mol. The lowest BCUT2D eigenvalue weighted by atomic mass is 10.2. The Hall–Kier alpha value is -0.510. The molecule has 2 atom stereocenters. The molecule has 9 heavy (non-hydrogen) atoms. The van der Waals surface area contributed by atoms with Crippen LogP contribution in [-0.4, -0.2) is 23.8 Å². The van der Waals surface area contributed by atoms with Crippen LogP contribution in [0.2, 0.25) is 0 Å². The third-order valence-corrected chi connectivity index (χ3v) is 0.810. The number of halogens is 3. The molecule has 4 heteroatoms. The number of rotatable bonds is 3. The van der Waals surface area contributed by atoms with Crippen LogP contribution in [0, 0.1) is 0 Å². The first kappa shape index (κ1) is 8.49. The first-order valence-electron chi connectivity index (χ1n) is 2.32. The monoisotopic (exact) mass is 140 g/mol. The van der Waals surface area contributed by atoms with Gasteiger partial charge in [0.15, 0.2) is 0 Å². The summed E-state index contributed by atoms with van der Waals surface area (Å²) in [6.07, 6.45) is -6.68. The molecule has 0 heterocycles. The van der Waals surface area contributed by atoms with Crippen LogP contribution >= 0.6 is 0 Å². The molecule has 0 saturated carbocycles. The van der Waals surface area contributed by atoms with Gasteiger partial charge in [-0.25, -0.2) is 13.2 Å². The zero-order valence-corrected chi connectivity index (χ0v) is 4.60. The largest absolute Gasteiger partial charge is 0.384 e. The smallest absolute Gasteiger partial charge is 0.267 e. The fourth-order valence-corrected chi connectivity index (χ4v) is 0.278. The fraction of sp³-hybridized carbons (Fsp3) is 0.600. The summed E-state index contributed by atoms with van der Waals surface area (Å²) >= 11 is 0. The summed E-state index contributed by atoms with van der Waals surface area (Å²) in [5.41, 5.74) is 0. The number of aliphatic hydroxyl groups excluding tert-OH is 1. The Bertz CT molecular complexity index is 94.2. The lowest BCUT2D eigenvalue weighted by Gasteiger charge is -2.09. The highest BCUT2D eigenvalue weighted by Gasteiger charge is 2.24. The van der Waals surface area contributed by atoms with Crippen molar-refractivity contribution in [3.63, 3.8) is 0 Å². The lowest BCUT2D eigenvalue weighted by molar-refractivity contribution is -0.0357. The van der Waals surface area contributed by atoms with E-state index >= 15 is 0 Å². The Morgan fingerprint density at radius 3 is 1.89 bits per heavy atom. The van der Waals surface area contributed by atoms with Crippen LogP contribution in [0.3, 0.4) is 0 Å². The van der Waals surface area contributed by atoms with Crippen molar-refractivity contribution in [3.8, 4) is 0 Å². The highest BCUT2D eigenvalue weighted by atomic mass is 19.3. The van der Waals surface area contributed by atoms with E-state index < -0.39 is 18.7 Å². The number of hydrogen-bond acceptors (Lipinski definition) is 1. The molecule has 0 rings (SSSR count). The van der Waals surface area contributed by atoms with E-state index in [1.54, 1.807) is 0 Å². The van der Waals surface area contributed by atoms with Gasteiger partial charge in [-0.15, -0.1) is 6.58 Å². The quantitative estimate of drug-likeness (QED) is 0.583. The molecule has 2 unspecified atom stereocenters. The van der Waals surface area contributed by atoms with Crippen LogP contribution in [0.15, 0.2) is 12.7 Å². The Morgan fingerprint density at radius 1 is 1.33 bits per heavy atom. The van der Waals surface area contributed by atoms with E-state index in [-0.39, 0.29) is 0 Å². The Balaban J connectivity index is 3.71. The van der Waals surface area contributed by atoms with Crippen molar-refractivity contribution in [3.05, 3.63) is 12.7 Å². The van der Waals surface area contributed by atoms with Gasteiger partial charge >= 0.3 is 0 Å². The Morgan fingerprint density at radius 2 is 1.78 bits per heavy atom. The molecular formula is C5H7F3O. The standard InChI is InChI=1S/C5H7F3O/c1-2-3(6)4(9)5(7)8/h2-5,9H,1H2. The van der Waals surface area contributed by atoms with E-state index in [0.717, 1.165) is 0 Å². The van der Waals surface area contributed by atoms with Crippen molar-refractivity contribution in [2.24, 2.45) is 0 Å². The van der Waals surface area contributed by atoms with Gasteiger partial charge in [0.05, 0.1) is 0 Å². The second-order valence-corrected chi connectivity index (χ2v) is 1.51. The molecule has 1 N–H and O–H groups in total. The van der Waals surface area contributed by atoms with Crippen molar-refractivity contribution in [2.45, 2.75) is 18.7 Å². The molecule has 0 aromatic rings. The van der Waals surface area contributed by atoms with E-state index in [1.807, 2.05) is 0 Å². The molecule has 0 amide bonds. The van der Waals surface area contributed by atoms with Gasteiger partial charge in [0, 0.05) is 0 Å². The molecule has 0 aliphatic carbocycles. The maximum Gasteiger partial charge on any atom is 0.267 e. The maximum absolute atomic E-state index is 11.9. The van der Waals surface area contributed by atoms with Gasteiger partial charge in [-0.05, 0) is 0 Å². The van der Waals surface area contributed by atoms with Gasteiger partial charge in [0.2, 0.25) is 0 Å². The third-order valence-electron chi connectivity index (χ3n) is 0.810. The molecule has 0 fully saturated rings. The molecule has 54 valence electrons. The SMILES string of the molecule is C=CC(F)C(O)C(F)F. The summed E-state index contributed by atoms with van der Waals surface area (Å²) in [6, 6.07) is 0. The van der Waals surface area contributed by atoms with Gasteiger partial charge in [-0.2, -0.15) is 0 Å². The van der Waals surface area contributed by atoms with Crippen molar-refractivity contribution in [1.82, 2.24) is 0 Å². The summed E-state index contributed by atoms with van der Waals surface area (Å²) in [7, 11) is 0. The van der Waals surface area contributed by atoms with Crippen molar-refractivity contribution >= 4 is 0 Å². The minimum atomic E-state index is -3.04. The van der Waals surface area contributed by atoms with Crippen molar-refractivity contribution < 1.29 is 18.3 Å². The fourth-order valence-electron chi connectivity index (χ4n) is 0.278. The summed E-state index contributed by atoms with van der Waals surface area (Å²) < 4.78 is 34.6. The van der Waals surface area contributed by atoms with E-state index in [0.29, 0.717) is 6.08 Å². The third kappa shape index (κ3) is 2.51. The predicted octanol–water partition coefficient (Wildman–Crippen LogP) is 1.14. The Labute approximate surface area is 50.8 Å². The molecular weight excluding hydrogens is 133 g/mol. The highest BCUT2D eigenvalue weighted by molar-refractivity contribution is 4.85. The van der Waals surface area contributed by atoms with Crippen LogP contribution in [0.4, 0.5) is 13.2 Å². The number of alkyl halides is 3. The van der Waals surface area contributed by atoms with Crippen LogP contribution in [0.5, 0.6) is 0 Å². The molecule has 0 radical (unpaired) electrons. The van der Waals surface area contributed by atoms with Gasteiger partial charge in [-0.3, -0.25) is 0 Å². The summed E-state index contributed by atoms with van der Waals surface area (Å²) in [4.78, 5) is 0. The topological polar surface area (TPSA) is 20.2 Å². The summed E-state index contributed by atoms with van der Waals surface area (Å²) in [6.45, 7) is 2.90. The van der Waals surface area contributed by atoms with E-state index in [4.69, 9.17) is 5.11 Å². The van der Waals surface area contributed by atoms with Crippen LogP contribution in [-0.2, 0) is 0 Å². The van der Waals surface area contributed by atoms with Crippen LogP contribution < -0.4 is 0 Å². The minimum Gasteiger partial charge on any atom is -0.384 e. The van der Waals surface area contributed by atoms with Crippen molar-refractivity contribution in [1.29, 1.82) is 0 Å².